The third kappa shape index (κ3) is 4.32. The minimum atomic E-state index is -0.998. The number of para-hydroxylation sites is 1. The Kier molecular flexibility index (Phi) is 6.15. The number of amides is 1. The lowest BCUT2D eigenvalue weighted by atomic mass is 10.1. The summed E-state index contributed by atoms with van der Waals surface area (Å²) >= 11 is 13.2. The quantitative estimate of drug-likeness (QED) is 0.444. The largest absolute Gasteiger partial charge is 0.478 e. The van der Waals surface area contributed by atoms with Crippen LogP contribution in [0.4, 0.5) is 5.69 Å². The Morgan fingerprint density at radius 2 is 1.88 bits per heavy atom. The van der Waals surface area contributed by atoms with E-state index in [2.05, 4.69) is 10.3 Å². The van der Waals surface area contributed by atoms with Crippen molar-refractivity contribution in [1.82, 2.24) is 9.88 Å². The molecular weight excluding hydrogens is 469 g/mol. The van der Waals surface area contributed by atoms with Gasteiger partial charge in [0.15, 0.2) is 5.17 Å². The van der Waals surface area contributed by atoms with Crippen LogP contribution in [0.15, 0.2) is 58.4 Å². The highest BCUT2D eigenvalue weighted by molar-refractivity contribution is 8.18. The van der Waals surface area contributed by atoms with E-state index in [1.165, 1.54) is 11.8 Å². The van der Waals surface area contributed by atoms with E-state index in [0.29, 0.717) is 31.5 Å². The number of nitrogens with one attached hydrogen (secondary N) is 1. The van der Waals surface area contributed by atoms with Crippen LogP contribution < -0.4 is 5.32 Å². The smallest absolute Gasteiger partial charge is 0.337 e. The highest BCUT2D eigenvalue weighted by Crippen LogP contribution is 2.32. The highest BCUT2D eigenvalue weighted by atomic mass is 35.5. The Hall–Kier alpha value is -3.00. The third-order valence-corrected chi connectivity index (χ3v) is 6.57. The number of amidine groups is 1. The molecule has 1 amide bonds. The number of carboxylic acids is 1. The molecule has 4 rings (SSSR count). The predicted octanol–water partition coefficient (Wildman–Crippen LogP) is 5.99. The summed E-state index contributed by atoms with van der Waals surface area (Å²) in [6, 6.07) is 13.7. The molecule has 162 valence electrons. The molecule has 0 unspecified atom stereocenters. The minimum Gasteiger partial charge on any atom is -0.478 e. The molecule has 1 aromatic heterocycles. The lowest BCUT2D eigenvalue weighted by Gasteiger charge is -2.12. The van der Waals surface area contributed by atoms with E-state index in [-0.39, 0.29) is 11.5 Å². The number of aromatic nitrogens is 1. The van der Waals surface area contributed by atoms with Crippen molar-refractivity contribution in [1.29, 1.82) is 0 Å². The zero-order valence-corrected chi connectivity index (χ0v) is 19.3. The summed E-state index contributed by atoms with van der Waals surface area (Å²) in [7, 11) is 0. The number of hydrogen-bond donors (Lipinski definition) is 2. The number of thioether (sulfide) groups is 1. The molecule has 2 heterocycles. The number of carboxylic acid groups (broad SMARTS) is 1. The topological polar surface area (TPSA) is 83.7 Å². The van der Waals surface area contributed by atoms with E-state index in [0.717, 1.165) is 17.0 Å². The van der Waals surface area contributed by atoms with Crippen LogP contribution in [0.2, 0.25) is 10.0 Å². The SMILES string of the molecule is Cc1cc(/C=C2\SC(=Nc3ccc(Cl)c(Cl)c3)NC2=O)c(C)n1-c1ccccc1C(=O)O. The van der Waals surface area contributed by atoms with Gasteiger partial charge >= 0.3 is 5.97 Å². The maximum atomic E-state index is 12.5. The Labute approximate surface area is 198 Å². The van der Waals surface area contributed by atoms with Gasteiger partial charge in [-0.1, -0.05) is 35.3 Å². The first-order valence-electron chi connectivity index (χ1n) is 9.51. The van der Waals surface area contributed by atoms with E-state index in [9.17, 15) is 14.7 Å². The molecule has 3 aromatic rings. The molecule has 1 aliphatic heterocycles. The first-order valence-corrected chi connectivity index (χ1v) is 11.1. The van der Waals surface area contributed by atoms with Crippen LogP contribution in [-0.2, 0) is 4.79 Å². The fraction of sp³-hybridized carbons (Fsp3) is 0.0870. The van der Waals surface area contributed by atoms with Crippen LogP contribution in [-0.4, -0.2) is 26.7 Å². The predicted molar refractivity (Wildman–Crippen MR) is 129 cm³/mol. The van der Waals surface area contributed by atoms with Crippen molar-refractivity contribution in [3.63, 3.8) is 0 Å². The molecule has 1 saturated heterocycles. The maximum Gasteiger partial charge on any atom is 0.337 e. The van der Waals surface area contributed by atoms with E-state index < -0.39 is 5.97 Å². The molecule has 0 spiro atoms. The van der Waals surface area contributed by atoms with E-state index in [1.54, 1.807) is 48.5 Å². The molecule has 32 heavy (non-hydrogen) atoms. The van der Waals surface area contributed by atoms with Crippen molar-refractivity contribution in [2.24, 2.45) is 4.99 Å². The van der Waals surface area contributed by atoms with Gasteiger partial charge in [-0.3, -0.25) is 4.79 Å². The molecule has 0 radical (unpaired) electrons. The van der Waals surface area contributed by atoms with Gasteiger partial charge in [-0.2, -0.15) is 0 Å². The molecule has 0 atom stereocenters. The summed E-state index contributed by atoms with van der Waals surface area (Å²) in [5.74, 6) is -1.26. The van der Waals surface area contributed by atoms with Crippen LogP contribution >= 0.6 is 35.0 Å². The average Bonchev–Trinajstić information content (AvgIpc) is 3.22. The standard InChI is InChI=1S/C23H17Cl2N3O3S/c1-12-9-14(13(2)28(12)19-6-4-3-5-16(19)22(30)31)10-20-21(29)27-23(32-20)26-15-7-8-17(24)18(25)11-15/h3-11H,1-2H3,(H,30,31)(H,26,27,29)/b20-10-. The Morgan fingerprint density at radius 3 is 2.59 bits per heavy atom. The Balaban J connectivity index is 1.67. The number of aromatic carboxylic acids is 1. The van der Waals surface area contributed by atoms with Crippen molar-refractivity contribution >= 4 is 63.8 Å². The van der Waals surface area contributed by atoms with Gasteiger partial charge in [-0.15, -0.1) is 0 Å². The normalized spacial score (nSPS) is 16.1. The lowest BCUT2D eigenvalue weighted by Crippen LogP contribution is -2.19. The number of rotatable bonds is 4. The zero-order valence-electron chi connectivity index (χ0n) is 17.0. The molecule has 6 nitrogen and oxygen atoms in total. The monoisotopic (exact) mass is 485 g/mol. The zero-order chi connectivity index (χ0) is 23.0. The molecular formula is C23H17Cl2N3O3S. The number of benzene rings is 2. The number of hydrogen-bond acceptors (Lipinski definition) is 4. The molecule has 0 bridgehead atoms. The van der Waals surface area contributed by atoms with Crippen molar-refractivity contribution in [3.8, 4) is 5.69 Å². The number of carbonyl (C=O) groups is 2. The van der Waals surface area contributed by atoms with Gasteiger partial charge in [-0.25, -0.2) is 9.79 Å². The molecule has 2 N–H and O–H groups in total. The summed E-state index contributed by atoms with van der Waals surface area (Å²) in [5, 5.41) is 13.5. The van der Waals surface area contributed by atoms with E-state index in [4.69, 9.17) is 23.2 Å². The molecule has 0 saturated carbocycles. The van der Waals surface area contributed by atoms with Crippen molar-refractivity contribution in [2.75, 3.05) is 0 Å². The fourth-order valence-electron chi connectivity index (χ4n) is 3.45. The summed E-state index contributed by atoms with van der Waals surface area (Å²) < 4.78 is 1.87. The van der Waals surface area contributed by atoms with E-state index in [1.807, 2.05) is 24.5 Å². The summed E-state index contributed by atoms with van der Waals surface area (Å²) in [6.45, 7) is 3.78. The molecule has 1 fully saturated rings. The van der Waals surface area contributed by atoms with Crippen molar-refractivity contribution in [3.05, 3.63) is 86.0 Å². The summed E-state index contributed by atoms with van der Waals surface area (Å²) in [5.41, 5.74) is 3.86. The molecule has 0 aliphatic carbocycles. The number of aryl methyl sites for hydroxylation is 1. The average molecular weight is 486 g/mol. The number of nitrogens with zero attached hydrogens (tertiary/aromatic N) is 2. The summed E-state index contributed by atoms with van der Waals surface area (Å²) in [6.07, 6.45) is 1.78. The third-order valence-electron chi connectivity index (χ3n) is 4.92. The van der Waals surface area contributed by atoms with Gasteiger partial charge in [0, 0.05) is 11.4 Å². The highest BCUT2D eigenvalue weighted by Gasteiger charge is 2.25. The first kappa shape index (κ1) is 22.2. The molecule has 1 aliphatic rings. The number of aliphatic imine (C=N–C) groups is 1. The second kappa shape index (κ2) is 8.86. The maximum absolute atomic E-state index is 12.5. The minimum absolute atomic E-state index is 0.206. The van der Waals surface area contributed by atoms with Gasteiger partial charge in [0.1, 0.15) is 0 Å². The van der Waals surface area contributed by atoms with Crippen LogP contribution in [0.5, 0.6) is 0 Å². The van der Waals surface area contributed by atoms with Crippen molar-refractivity contribution < 1.29 is 14.7 Å². The van der Waals surface area contributed by atoms with E-state index >= 15 is 0 Å². The van der Waals surface area contributed by atoms with Gasteiger partial charge in [0.05, 0.1) is 31.9 Å². The van der Waals surface area contributed by atoms with Crippen molar-refractivity contribution in [2.45, 2.75) is 13.8 Å². The van der Waals surface area contributed by atoms with Gasteiger partial charge in [-0.05, 0) is 73.6 Å². The van der Waals surface area contributed by atoms with Crippen LogP contribution in [0.25, 0.3) is 11.8 Å². The number of carbonyl (C=O) groups excluding carboxylic acids is 1. The lowest BCUT2D eigenvalue weighted by molar-refractivity contribution is -0.115. The van der Waals surface area contributed by atoms with Crippen LogP contribution in [0, 0.1) is 13.8 Å². The Morgan fingerprint density at radius 1 is 1.12 bits per heavy atom. The van der Waals surface area contributed by atoms with Crippen LogP contribution in [0.3, 0.4) is 0 Å². The molecule has 2 aromatic carbocycles. The fourth-order valence-corrected chi connectivity index (χ4v) is 4.57. The first-order chi connectivity index (χ1) is 15.2. The number of halogens is 2. The van der Waals surface area contributed by atoms with Gasteiger partial charge in [0.2, 0.25) is 0 Å². The van der Waals surface area contributed by atoms with Gasteiger partial charge in [0.25, 0.3) is 5.91 Å². The van der Waals surface area contributed by atoms with Gasteiger partial charge < -0.3 is 15.0 Å². The van der Waals surface area contributed by atoms with Crippen LogP contribution in [0.1, 0.15) is 27.3 Å². The second-order valence-corrected chi connectivity index (χ2v) is 8.91. The second-order valence-electron chi connectivity index (χ2n) is 7.06. The summed E-state index contributed by atoms with van der Waals surface area (Å²) in [4.78, 5) is 29.1. The molecule has 9 heteroatoms. The Bertz CT molecular complexity index is 1330.